The highest BCUT2D eigenvalue weighted by Crippen LogP contribution is 2.28. The van der Waals surface area contributed by atoms with E-state index in [9.17, 15) is 14.9 Å². The van der Waals surface area contributed by atoms with Gasteiger partial charge in [0.2, 0.25) is 0 Å². The molecule has 0 aromatic heterocycles. The number of amides is 1. The number of fused-ring (bicyclic) bond motifs is 1. The summed E-state index contributed by atoms with van der Waals surface area (Å²) in [6.45, 7) is 1.08. The van der Waals surface area contributed by atoms with Gasteiger partial charge in [-0.05, 0) is 35.9 Å². The third-order valence-electron chi connectivity index (χ3n) is 4.05. The molecule has 5 nitrogen and oxygen atoms in total. The summed E-state index contributed by atoms with van der Waals surface area (Å²) in [6.07, 6.45) is 2.66. The van der Waals surface area contributed by atoms with Crippen molar-refractivity contribution in [2.45, 2.75) is 17.9 Å². The van der Waals surface area contributed by atoms with Gasteiger partial charge in [0.05, 0.1) is 4.92 Å². The molecule has 0 spiro atoms. The number of carbonyl (C=O) groups excluding carboxylic acids is 1. The van der Waals surface area contributed by atoms with E-state index in [-0.39, 0.29) is 17.2 Å². The standard InChI is InChI=1S/C17H16N2O3S/c1-23-14-6-7-16(19(21)22)15(10-14)17(20)18-9-8-12-4-2-3-5-13(12)11-18/h2-7,10H,8-9,11H2,1H3. The molecule has 0 saturated carbocycles. The van der Waals surface area contributed by atoms with Gasteiger partial charge in [0.25, 0.3) is 11.6 Å². The Bertz CT molecular complexity index is 776. The molecule has 6 heteroatoms. The number of nitro groups is 1. The molecule has 3 rings (SSSR count). The van der Waals surface area contributed by atoms with Gasteiger partial charge < -0.3 is 4.90 Å². The molecule has 1 aliphatic rings. The lowest BCUT2D eigenvalue weighted by Crippen LogP contribution is -2.36. The SMILES string of the molecule is CSc1ccc([N+](=O)[O-])c(C(=O)N2CCc3ccccc3C2)c1. The van der Waals surface area contributed by atoms with Crippen molar-refractivity contribution in [3.63, 3.8) is 0 Å². The van der Waals surface area contributed by atoms with Gasteiger partial charge in [0.15, 0.2) is 0 Å². The second-order valence-electron chi connectivity index (χ2n) is 5.39. The molecule has 0 bridgehead atoms. The molecule has 0 fully saturated rings. The van der Waals surface area contributed by atoms with Crippen LogP contribution in [-0.2, 0) is 13.0 Å². The molecule has 1 aliphatic heterocycles. The van der Waals surface area contributed by atoms with Crippen molar-refractivity contribution in [3.05, 3.63) is 69.3 Å². The Morgan fingerprint density at radius 3 is 2.65 bits per heavy atom. The Kier molecular flexibility index (Phi) is 4.34. The minimum absolute atomic E-state index is 0.133. The molecule has 23 heavy (non-hydrogen) atoms. The Morgan fingerprint density at radius 2 is 1.96 bits per heavy atom. The molecule has 1 heterocycles. The first-order valence-corrected chi connectivity index (χ1v) is 8.51. The molecule has 0 aliphatic carbocycles. The summed E-state index contributed by atoms with van der Waals surface area (Å²) in [5.41, 5.74) is 2.38. The predicted octanol–water partition coefficient (Wildman–Crippen LogP) is 3.52. The number of nitrogens with zero attached hydrogens (tertiary/aromatic N) is 2. The third kappa shape index (κ3) is 3.07. The number of benzene rings is 2. The minimum atomic E-state index is -0.491. The van der Waals surface area contributed by atoms with Crippen LogP contribution in [0.3, 0.4) is 0 Å². The van der Waals surface area contributed by atoms with Crippen molar-refractivity contribution in [1.29, 1.82) is 0 Å². The number of rotatable bonds is 3. The van der Waals surface area contributed by atoms with Crippen molar-refractivity contribution in [2.75, 3.05) is 12.8 Å². The lowest BCUT2D eigenvalue weighted by Gasteiger charge is -2.28. The van der Waals surface area contributed by atoms with Gasteiger partial charge in [-0.25, -0.2) is 0 Å². The topological polar surface area (TPSA) is 63.5 Å². The van der Waals surface area contributed by atoms with Gasteiger partial charge in [0, 0.05) is 24.1 Å². The van der Waals surface area contributed by atoms with Gasteiger partial charge in [0.1, 0.15) is 5.56 Å². The van der Waals surface area contributed by atoms with E-state index in [2.05, 4.69) is 6.07 Å². The van der Waals surface area contributed by atoms with Crippen LogP contribution in [0.1, 0.15) is 21.5 Å². The first-order valence-electron chi connectivity index (χ1n) is 7.28. The van der Waals surface area contributed by atoms with Crippen molar-refractivity contribution in [3.8, 4) is 0 Å². The molecule has 1 amide bonds. The van der Waals surface area contributed by atoms with Crippen LogP contribution in [0.25, 0.3) is 0 Å². The van der Waals surface area contributed by atoms with E-state index in [0.29, 0.717) is 13.1 Å². The van der Waals surface area contributed by atoms with Crippen molar-refractivity contribution < 1.29 is 9.72 Å². The summed E-state index contributed by atoms with van der Waals surface area (Å²) in [4.78, 5) is 26.1. The van der Waals surface area contributed by atoms with E-state index in [0.717, 1.165) is 16.9 Å². The molecule has 0 unspecified atom stereocenters. The van der Waals surface area contributed by atoms with E-state index in [1.807, 2.05) is 24.5 Å². The Hall–Kier alpha value is -2.34. The Balaban J connectivity index is 1.93. The molecule has 0 N–H and O–H groups in total. The van der Waals surface area contributed by atoms with Crippen LogP contribution in [0.15, 0.2) is 47.4 Å². The maximum atomic E-state index is 12.8. The van der Waals surface area contributed by atoms with Gasteiger partial charge in [-0.3, -0.25) is 14.9 Å². The largest absolute Gasteiger partial charge is 0.334 e. The highest BCUT2D eigenvalue weighted by Gasteiger charge is 2.27. The number of carbonyl (C=O) groups is 1. The molecular formula is C17H16N2O3S. The average Bonchev–Trinajstić information content (AvgIpc) is 2.60. The van der Waals surface area contributed by atoms with E-state index in [1.165, 1.54) is 23.4 Å². The van der Waals surface area contributed by atoms with Gasteiger partial charge >= 0.3 is 0 Å². The van der Waals surface area contributed by atoms with Gasteiger partial charge in [-0.1, -0.05) is 24.3 Å². The first kappa shape index (κ1) is 15.6. The van der Waals surface area contributed by atoms with Gasteiger partial charge in [-0.2, -0.15) is 0 Å². The zero-order valence-corrected chi connectivity index (χ0v) is 13.5. The van der Waals surface area contributed by atoms with E-state index in [1.54, 1.807) is 17.0 Å². The quantitative estimate of drug-likeness (QED) is 0.491. The van der Waals surface area contributed by atoms with Crippen LogP contribution < -0.4 is 0 Å². The fourth-order valence-corrected chi connectivity index (χ4v) is 3.25. The molecule has 118 valence electrons. The van der Waals surface area contributed by atoms with Gasteiger partial charge in [-0.15, -0.1) is 11.8 Å². The van der Waals surface area contributed by atoms with E-state index in [4.69, 9.17) is 0 Å². The normalized spacial score (nSPS) is 13.5. The summed E-state index contributed by atoms with van der Waals surface area (Å²) in [6, 6.07) is 12.7. The van der Waals surface area contributed by atoms with Crippen LogP contribution in [0, 0.1) is 10.1 Å². The number of thioether (sulfide) groups is 1. The zero-order chi connectivity index (χ0) is 16.4. The van der Waals surface area contributed by atoms with Crippen molar-refractivity contribution in [2.24, 2.45) is 0 Å². The zero-order valence-electron chi connectivity index (χ0n) is 12.7. The van der Waals surface area contributed by atoms with Crippen LogP contribution >= 0.6 is 11.8 Å². The number of hydrogen-bond donors (Lipinski definition) is 0. The molecule has 0 saturated heterocycles. The Morgan fingerprint density at radius 1 is 1.22 bits per heavy atom. The molecule has 2 aromatic rings. The Labute approximate surface area is 138 Å². The number of hydrogen-bond acceptors (Lipinski definition) is 4. The summed E-state index contributed by atoms with van der Waals surface area (Å²) in [5.74, 6) is -0.276. The summed E-state index contributed by atoms with van der Waals surface area (Å²) >= 11 is 1.46. The van der Waals surface area contributed by atoms with E-state index >= 15 is 0 Å². The molecule has 0 radical (unpaired) electrons. The first-order chi connectivity index (χ1) is 11.1. The summed E-state index contributed by atoms with van der Waals surface area (Å²) in [5, 5.41) is 11.2. The van der Waals surface area contributed by atoms with Crippen LogP contribution in [0.2, 0.25) is 0 Å². The van der Waals surface area contributed by atoms with E-state index < -0.39 is 4.92 Å². The maximum Gasteiger partial charge on any atom is 0.282 e. The predicted molar refractivity (Wildman–Crippen MR) is 89.8 cm³/mol. The smallest absolute Gasteiger partial charge is 0.282 e. The fourth-order valence-electron chi connectivity index (χ4n) is 2.81. The fraction of sp³-hybridized carbons (Fsp3) is 0.235. The summed E-state index contributed by atoms with van der Waals surface area (Å²) in [7, 11) is 0. The number of nitro benzene ring substituents is 1. The van der Waals surface area contributed by atoms with Crippen LogP contribution in [-0.4, -0.2) is 28.5 Å². The van der Waals surface area contributed by atoms with Crippen molar-refractivity contribution >= 4 is 23.4 Å². The lowest BCUT2D eigenvalue weighted by molar-refractivity contribution is -0.385. The second kappa shape index (κ2) is 6.42. The maximum absolute atomic E-state index is 12.8. The highest BCUT2D eigenvalue weighted by molar-refractivity contribution is 7.98. The highest BCUT2D eigenvalue weighted by atomic mass is 32.2. The third-order valence-corrected chi connectivity index (χ3v) is 4.77. The molecular weight excluding hydrogens is 312 g/mol. The lowest BCUT2D eigenvalue weighted by atomic mass is 9.99. The minimum Gasteiger partial charge on any atom is -0.334 e. The summed E-state index contributed by atoms with van der Waals surface area (Å²) < 4.78 is 0. The molecule has 0 atom stereocenters. The average molecular weight is 328 g/mol. The molecule has 2 aromatic carbocycles. The monoisotopic (exact) mass is 328 g/mol. The van der Waals surface area contributed by atoms with Crippen molar-refractivity contribution in [1.82, 2.24) is 4.90 Å². The van der Waals surface area contributed by atoms with Crippen LogP contribution in [0.4, 0.5) is 5.69 Å². The van der Waals surface area contributed by atoms with Crippen LogP contribution in [0.5, 0.6) is 0 Å². The second-order valence-corrected chi connectivity index (χ2v) is 6.27.